The van der Waals surface area contributed by atoms with Crippen LogP contribution in [0.1, 0.15) is 36.5 Å². The molecule has 12 heteroatoms. The van der Waals surface area contributed by atoms with Gasteiger partial charge in [0.2, 0.25) is 5.79 Å². The highest BCUT2D eigenvalue weighted by Gasteiger charge is 2.67. The molecule has 214 valence electrons. The van der Waals surface area contributed by atoms with Crippen molar-refractivity contribution in [1.29, 1.82) is 0 Å². The average Bonchev–Trinajstić information content (AvgIpc) is 3.59. The molecule has 3 heterocycles. The maximum absolute atomic E-state index is 14.2. The minimum absolute atomic E-state index is 0.163. The number of carboxylic acid groups (broad SMARTS) is 1. The summed E-state index contributed by atoms with van der Waals surface area (Å²) in [4.78, 5) is 10.1. The number of hydrogen-bond donors (Lipinski definition) is 6. The molecular weight excluding hydrogens is 537 g/mol. The van der Waals surface area contributed by atoms with Crippen molar-refractivity contribution in [2.75, 3.05) is 26.4 Å². The average molecular weight is 570 g/mol. The van der Waals surface area contributed by atoms with Gasteiger partial charge in [-0.25, -0.2) is 4.39 Å². The lowest BCUT2D eigenvalue weighted by Crippen LogP contribution is -2.65. The van der Waals surface area contributed by atoms with Gasteiger partial charge in [0.05, 0.1) is 19.8 Å². The Labute approximate surface area is 229 Å². The maximum Gasteiger partial charge on any atom is 0.320 e. The summed E-state index contributed by atoms with van der Waals surface area (Å²) in [5.41, 5.74) is 0.0530. The van der Waals surface area contributed by atoms with Crippen LogP contribution in [0, 0.1) is 5.82 Å². The molecule has 3 saturated heterocycles. The van der Waals surface area contributed by atoms with Crippen molar-refractivity contribution in [2.45, 2.75) is 61.9 Å². The Balaban J connectivity index is 0.000000379. The molecular formula is C27H33ClFNO9. The van der Waals surface area contributed by atoms with Crippen LogP contribution in [0.5, 0.6) is 5.75 Å². The Hall–Kier alpha value is -2.35. The molecule has 0 amide bonds. The normalized spacial score (nSPS) is 31.5. The number of carboxylic acids is 1. The van der Waals surface area contributed by atoms with E-state index in [0.29, 0.717) is 28.3 Å². The van der Waals surface area contributed by atoms with E-state index in [1.165, 1.54) is 6.07 Å². The van der Waals surface area contributed by atoms with Crippen molar-refractivity contribution >= 4 is 17.6 Å². The fourth-order valence-corrected chi connectivity index (χ4v) is 5.23. The van der Waals surface area contributed by atoms with Gasteiger partial charge in [0.25, 0.3) is 0 Å². The Kier molecular flexibility index (Phi) is 9.14. The van der Waals surface area contributed by atoms with E-state index in [1.807, 2.05) is 0 Å². The summed E-state index contributed by atoms with van der Waals surface area (Å²) >= 11 is 6.36. The largest absolute Gasteiger partial charge is 0.491 e. The topological polar surface area (TPSA) is 158 Å². The summed E-state index contributed by atoms with van der Waals surface area (Å²) in [6.45, 7) is 2.15. The van der Waals surface area contributed by atoms with Gasteiger partial charge in [0, 0.05) is 10.6 Å². The van der Waals surface area contributed by atoms with Gasteiger partial charge >= 0.3 is 5.97 Å². The molecule has 3 aliphatic heterocycles. The molecule has 0 unspecified atom stereocenters. The summed E-state index contributed by atoms with van der Waals surface area (Å²) in [6, 6.07) is 9.16. The number of fused-ring (bicyclic) bond motifs is 2. The van der Waals surface area contributed by atoms with Crippen LogP contribution in [0.4, 0.5) is 4.39 Å². The Bertz CT molecular complexity index is 1180. The predicted octanol–water partition coefficient (Wildman–Crippen LogP) is 1.32. The van der Waals surface area contributed by atoms with Gasteiger partial charge < -0.3 is 45.1 Å². The van der Waals surface area contributed by atoms with Crippen LogP contribution < -0.4 is 10.1 Å². The number of rotatable bonds is 7. The second kappa shape index (κ2) is 12.0. The first-order valence-electron chi connectivity index (χ1n) is 12.7. The molecule has 0 aromatic heterocycles. The first kappa shape index (κ1) is 29.6. The summed E-state index contributed by atoms with van der Waals surface area (Å²) in [5.74, 6) is -2.83. The number of nitrogens with one attached hydrogen (secondary N) is 1. The van der Waals surface area contributed by atoms with Crippen LogP contribution in [0.25, 0.3) is 0 Å². The zero-order valence-corrected chi connectivity index (χ0v) is 22.1. The molecule has 0 radical (unpaired) electrons. The molecule has 3 aliphatic rings. The lowest BCUT2D eigenvalue weighted by Gasteiger charge is -2.46. The summed E-state index contributed by atoms with van der Waals surface area (Å²) in [5, 5.41) is 52.7. The molecule has 0 aliphatic carbocycles. The van der Waals surface area contributed by atoms with Crippen molar-refractivity contribution in [2.24, 2.45) is 0 Å². The molecule has 2 aromatic carbocycles. The van der Waals surface area contributed by atoms with Crippen LogP contribution in [0.2, 0.25) is 5.02 Å². The first-order chi connectivity index (χ1) is 18.6. The third-order valence-electron chi connectivity index (χ3n) is 7.23. The highest BCUT2D eigenvalue weighted by Crippen LogP contribution is 2.49. The molecule has 3 fully saturated rings. The lowest BCUT2D eigenvalue weighted by molar-refractivity contribution is -0.329. The molecule has 2 aromatic rings. The van der Waals surface area contributed by atoms with E-state index in [4.69, 9.17) is 30.9 Å². The molecule has 0 spiro atoms. The fraction of sp³-hybridized carbons (Fsp3) is 0.519. The Morgan fingerprint density at radius 2 is 1.97 bits per heavy atom. The monoisotopic (exact) mass is 569 g/mol. The van der Waals surface area contributed by atoms with Gasteiger partial charge in [-0.15, -0.1) is 0 Å². The van der Waals surface area contributed by atoms with E-state index in [0.717, 1.165) is 19.4 Å². The molecule has 39 heavy (non-hydrogen) atoms. The van der Waals surface area contributed by atoms with Crippen molar-refractivity contribution in [3.8, 4) is 5.75 Å². The minimum Gasteiger partial charge on any atom is -0.491 e. The quantitative estimate of drug-likeness (QED) is 0.287. The van der Waals surface area contributed by atoms with Gasteiger partial charge in [0.15, 0.2) is 11.6 Å². The van der Waals surface area contributed by atoms with Crippen molar-refractivity contribution in [3.63, 3.8) is 0 Å². The van der Waals surface area contributed by atoms with Crippen molar-refractivity contribution in [1.82, 2.24) is 5.32 Å². The highest BCUT2D eigenvalue weighted by atomic mass is 35.5. The second-order valence-electron chi connectivity index (χ2n) is 9.83. The van der Waals surface area contributed by atoms with Gasteiger partial charge in [-0.2, -0.15) is 0 Å². The van der Waals surface area contributed by atoms with Crippen LogP contribution in [0.3, 0.4) is 0 Å². The number of hydrogen-bond acceptors (Lipinski definition) is 9. The molecule has 5 rings (SSSR count). The van der Waals surface area contributed by atoms with Crippen LogP contribution in [0.15, 0.2) is 36.4 Å². The van der Waals surface area contributed by atoms with E-state index in [1.54, 1.807) is 37.3 Å². The number of aliphatic hydroxyl groups is 4. The highest BCUT2D eigenvalue weighted by molar-refractivity contribution is 6.31. The lowest BCUT2D eigenvalue weighted by atomic mass is 9.83. The predicted molar refractivity (Wildman–Crippen MR) is 137 cm³/mol. The Morgan fingerprint density at radius 3 is 2.56 bits per heavy atom. The minimum atomic E-state index is -1.79. The SMILES string of the molecule is CCOc1ccc(Cc2cc([C@@]34OC[C@@](CO)(O3)[C@@H](O)[C@H](O)[C@H]4O)ccc2Cl)cc1F.O=C(O)[C@@H]1CCCN1. The zero-order valence-electron chi connectivity index (χ0n) is 21.3. The summed E-state index contributed by atoms with van der Waals surface area (Å²) < 4.78 is 31.0. The summed E-state index contributed by atoms with van der Waals surface area (Å²) in [7, 11) is 0. The van der Waals surface area contributed by atoms with Gasteiger partial charge in [0.1, 0.15) is 30.0 Å². The van der Waals surface area contributed by atoms with Gasteiger partial charge in [-0.05, 0) is 68.1 Å². The standard InChI is InChI=1S/C22H24ClFO7.C5H9NO2/c1-2-29-17-6-3-12(8-16(17)24)7-13-9-14(4-5-15(13)23)22-20(28)18(26)19(27)21(10-25,31-22)11-30-22;7-5(8)4-2-1-3-6-4/h3-6,8-9,18-20,25-28H,2,7,10-11H2,1H3;4,6H,1-3H2,(H,7,8)/t18-,19-,20+,21+,22+;4-/m00/s1. The fourth-order valence-electron chi connectivity index (χ4n) is 5.04. The van der Waals surface area contributed by atoms with E-state index >= 15 is 0 Å². The van der Waals surface area contributed by atoms with Crippen molar-refractivity contribution < 1.29 is 48.9 Å². The number of carbonyl (C=O) groups is 1. The molecule has 0 saturated carbocycles. The molecule has 6 N–H and O–H groups in total. The van der Waals surface area contributed by atoms with E-state index < -0.39 is 48.1 Å². The number of halogens is 2. The molecule has 6 atom stereocenters. The third-order valence-corrected chi connectivity index (χ3v) is 7.59. The third kappa shape index (κ3) is 5.77. The Morgan fingerprint density at radius 1 is 1.21 bits per heavy atom. The number of benzene rings is 2. The summed E-state index contributed by atoms with van der Waals surface area (Å²) in [6.07, 6.45) is -2.67. The van der Waals surface area contributed by atoms with E-state index in [9.17, 15) is 29.6 Å². The molecule has 10 nitrogen and oxygen atoms in total. The number of aliphatic carboxylic acids is 1. The van der Waals surface area contributed by atoms with Gasteiger partial charge in [-0.3, -0.25) is 4.79 Å². The first-order valence-corrected chi connectivity index (χ1v) is 13.1. The van der Waals surface area contributed by atoms with Gasteiger partial charge in [-0.1, -0.05) is 23.7 Å². The van der Waals surface area contributed by atoms with Crippen molar-refractivity contribution in [3.05, 3.63) is 63.9 Å². The van der Waals surface area contributed by atoms with Crippen LogP contribution >= 0.6 is 11.6 Å². The van der Waals surface area contributed by atoms with Crippen LogP contribution in [-0.4, -0.2) is 87.8 Å². The maximum atomic E-state index is 14.2. The molecule has 2 bridgehead atoms. The van der Waals surface area contributed by atoms with E-state index in [-0.39, 0.29) is 24.8 Å². The second-order valence-corrected chi connectivity index (χ2v) is 10.2. The smallest absolute Gasteiger partial charge is 0.320 e. The number of aliphatic hydroxyl groups excluding tert-OH is 4. The number of ether oxygens (including phenoxy) is 3. The van der Waals surface area contributed by atoms with Crippen LogP contribution in [-0.2, 0) is 26.5 Å². The van der Waals surface area contributed by atoms with E-state index in [2.05, 4.69) is 5.32 Å². The zero-order chi connectivity index (χ0) is 28.4.